The molecule has 0 atom stereocenters. The van der Waals surface area contributed by atoms with Crippen molar-refractivity contribution in [3.05, 3.63) is 33.7 Å². The zero-order chi connectivity index (χ0) is 17.1. The first kappa shape index (κ1) is 17.4. The first-order chi connectivity index (χ1) is 10.8. The van der Waals surface area contributed by atoms with Gasteiger partial charge in [0.15, 0.2) is 0 Å². The third-order valence-corrected chi connectivity index (χ3v) is 4.01. The Hall–Kier alpha value is -1.99. The van der Waals surface area contributed by atoms with E-state index in [1.807, 2.05) is 0 Å². The first-order valence-electron chi connectivity index (χ1n) is 6.71. The van der Waals surface area contributed by atoms with Gasteiger partial charge in [-0.3, -0.25) is 19.3 Å². The van der Waals surface area contributed by atoms with Crippen molar-refractivity contribution in [3.63, 3.8) is 0 Å². The minimum atomic E-state index is -0.642. The predicted octanol–water partition coefficient (Wildman–Crippen LogP) is 3.03. The molecule has 8 heteroatoms. The standard InChI is InChI=1S/C15H14ClNO5S/c1-8(2)22-13(19)7-17-14(20)12(23-15(17)21)6-9-3-4-11(18)10(16)5-9/h3-6,8,18H,7H2,1-2H3/b12-6-. The van der Waals surface area contributed by atoms with Gasteiger partial charge in [-0.25, -0.2) is 0 Å². The number of aromatic hydroxyl groups is 1. The number of phenols is 1. The molecule has 1 heterocycles. The van der Waals surface area contributed by atoms with Gasteiger partial charge in [0.1, 0.15) is 12.3 Å². The number of ether oxygens (including phenoxy) is 1. The van der Waals surface area contributed by atoms with Gasteiger partial charge < -0.3 is 9.84 Å². The number of benzene rings is 1. The van der Waals surface area contributed by atoms with E-state index in [0.29, 0.717) is 5.56 Å². The van der Waals surface area contributed by atoms with Crippen LogP contribution in [0.25, 0.3) is 6.08 Å². The predicted molar refractivity (Wildman–Crippen MR) is 87.0 cm³/mol. The number of carbonyl (C=O) groups is 3. The van der Waals surface area contributed by atoms with Crippen LogP contribution >= 0.6 is 23.4 Å². The number of thioether (sulfide) groups is 1. The van der Waals surface area contributed by atoms with Gasteiger partial charge in [0, 0.05) is 0 Å². The third-order valence-electron chi connectivity index (χ3n) is 2.80. The minimum Gasteiger partial charge on any atom is -0.506 e. The number of nitrogens with zero attached hydrogens (tertiary/aromatic N) is 1. The van der Waals surface area contributed by atoms with Crippen molar-refractivity contribution in [3.8, 4) is 5.75 Å². The Labute approximate surface area is 142 Å². The molecule has 0 bridgehead atoms. The summed E-state index contributed by atoms with van der Waals surface area (Å²) in [6.07, 6.45) is 1.15. The van der Waals surface area contributed by atoms with E-state index in [2.05, 4.69) is 0 Å². The van der Waals surface area contributed by atoms with Crippen LogP contribution in [0, 0.1) is 0 Å². The summed E-state index contributed by atoms with van der Waals surface area (Å²) in [4.78, 5) is 36.7. The summed E-state index contributed by atoms with van der Waals surface area (Å²) in [5.74, 6) is -1.28. The largest absolute Gasteiger partial charge is 0.506 e. The highest BCUT2D eigenvalue weighted by molar-refractivity contribution is 8.18. The van der Waals surface area contributed by atoms with Crippen molar-refractivity contribution in [1.82, 2.24) is 4.90 Å². The summed E-state index contributed by atoms with van der Waals surface area (Å²) in [5, 5.41) is 8.98. The Bertz CT molecular complexity index is 701. The van der Waals surface area contributed by atoms with Gasteiger partial charge in [-0.15, -0.1) is 0 Å². The Morgan fingerprint density at radius 1 is 1.43 bits per heavy atom. The number of halogens is 1. The monoisotopic (exact) mass is 355 g/mol. The quantitative estimate of drug-likeness (QED) is 0.660. The molecule has 2 amide bonds. The Morgan fingerprint density at radius 3 is 2.74 bits per heavy atom. The van der Waals surface area contributed by atoms with Crippen LogP contribution in [-0.4, -0.2) is 39.8 Å². The van der Waals surface area contributed by atoms with Crippen LogP contribution in [0.5, 0.6) is 5.75 Å². The average molecular weight is 356 g/mol. The van der Waals surface area contributed by atoms with Gasteiger partial charge in [0.2, 0.25) is 0 Å². The third kappa shape index (κ3) is 4.27. The molecule has 1 aliphatic rings. The molecule has 1 aromatic rings. The number of esters is 1. The van der Waals surface area contributed by atoms with Gasteiger partial charge in [0.05, 0.1) is 16.0 Å². The first-order valence-corrected chi connectivity index (χ1v) is 7.90. The summed E-state index contributed by atoms with van der Waals surface area (Å²) in [6.45, 7) is 2.94. The maximum atomic E-state index is 12.2. The summed E-state index contributed by atoms with van der Waals surface area (Å²) in [6, 6.07) is 4.42. The summed E-state index contributed by atoms with van der Waals surface area (Å²) >= 11 is 6.53. The second-order valence-corrected chi connectivity index (χ2v) is 6.42. The van der Waals surface area contributed by atoms with Crippen molar-refractivity contribution in [2.45, 2.75) is 20.0 Å². The maximum Gasteiger partial charge on any atom is 0.326 e. The molecular weight excluding hydrogens is 342 g/mol. The molecule has 6 nitrogen and oxygen atoms in total. The fourth-order valence-electron chi connectivity index (χ4n) is 1.83. The van der Waals surface area contributed by atoms with E-state index < -0.39 is 23.7 Å². The van der Waals surface area contributed by atoms with Crippen molar-refractivity contribution >= 4 is 46.6 Å². The van der Waals surface area contributed by atoms with Crippen LogP contribution in [0.4, 0.5) is 4.79 Å². The number of imide groups is 1. The van der Waals surface area contributed by atoms with E-state index >= 15 is 0 Å². The van der Waals surface area contributed by atoms with Crippen molar-refractivity contribution in [2.75, 3.05) is 6.54 Å². The number of phenolic OH excluding ortho intramolecular Hbond substituents is 1. The van der Waals surface area contributed by atoms with Crippen molar-refractivity contribution < 1.29 is 24.2 Å². The molecule has 23 heavy (non-hydrogen) atoms. The normalized spacial score (nSPS) is 16.5. The van der Waals surface area contributed by atoms with Gasteiger partial charge in [0.25, 0.3) is 11.1 Å². The number of carbonyl (C=O) groups excluding carboxylic acids is 3. The molecule has 1 saturated heterocycles. The van der Waals surface area contributed by atoms with Crippen LogP contribution < -0.4 is 0 Å². The lowest BCUT2D eigenvalue weighted by Crippen LogP contribution is -2.35. The molecule has 0 aliphatic carbocycles. The van der Waals surface area contributed by atoms with Crippen LogP contribution in [0.1, 0.15) is 19.4 Å². The van der Waals surface area contributed by atoms with Gasteiger partial charge >= 0.3 is 5.97 Å². The molecule has 0 aromatic heterocycles. The van der Waals surface area contributed by atoms with Crippen molar-refractivity contribution in [1.29, 1.82) is 0 Å². The van der Waals surface area contributed by atoms with E-state index in [9.17, 15) is 19.5 Å². The minimum absolute atomic E-state index is 0.0756. The molecule has 1 aromatic carbocycles. The van der Waals surface area contributed by atoms with Crippen LogP contribution in [0.3, 0.4) is 0 Å². The van der Waals surface area contributed by atoms with E-state index in [1.54, 1.807) is 19.9 Å². The summed E-state index contributed by atoms with van der Waals surface area (Å²) < 4.78 is 4.93. The second-order valence-electron chi connectivity index (χ2n) is 5.02. The molecule has 0 radical (unpaired) electrons. The molecule has 0 spiro atoms. The lowest BCUT2D eigenvalue weighted by Gasteiger charge is -2.13. The number of hydrogen-bond donors (Lipinski definition) is 1. The zero-order valence-electron chi connectivity index (χ0n) is 12.4. The lowest BCUT2D eigenvalue weighted by molar-refractivity contribution is -0.149. The Kier molecular flexibility index (Phi) is 5.33. The van der Waals surface area contributed by atoms with Gasteiger partial charge in [-0.1, -0.05) is 17.7 Å². The molecule has 1 aliphatic heterocycles. The average Bonchev–Trinajstić information content (AvgIpc) is 2.70. The highest BCUT2D eigenvalue weighted by Crippen LogP contribution is 2.33. The SMILES string of the molecule is CC(C)OC(=O)CN1C(=O)S/C(=C\c2ccc(O)c(Cl)c2)C1=O. The number of amides is 2. The zero-order valence-corrected chi connectivity index (χ0v) is 14.0. The topological polar surface area (TPSA) is 83.9 Å². The van der Waals surface area contributed by atoms with E-state index in [0.717, 1.165) is 16.7 Å². The fraction of sp³-hybridized carbons (Fsp3) is 0.267. The fourth-order valence-corrected chi connectivity index (χ4v) is 2.86. The van der Waals surface area contributed by atoms with Gasteiger partial charge in [-0.2, -0.15) is 0 Å². The van der Waals surface area contributed by atoms with E-state index in [-0.39, 0.29) is 21.8 Å². The molecule has 0 unspecified atom stereocenters. The summed E-state index contributed by atoms with van der Waals surface area (Å²) in [7, 11) is 0. The second kappa shape index (κ2) is 7.06. The Balaban J connectivity index is 2.15. The summed E-state index contributed by atoms with van der Waals surface area (Å²) in [5.41, 5.74) is 0.558. The molecule has 0 saturated carbocycles. The number of rotatable bonds is 4. The highest BCUT2D eigenvalue weighted by atomic mass is 35.5. The Morgan fingerprint density at radius 2 is 2.13 bits per heavy atom. The highest BCUT2D eigenvalue weighted by Gasteiger charge is 2.36. The van der Waals surface area contributed by atoms with Crippen LogP contribution in [0.15, 0.2) is 23.1 Å². The molecule has 1 N–H and O–H groups in total. The van der Waals surface area contributed by atoms with Crippen LogP contribution in [-0.2, 0) is 14.3 Å². The van der Waals surface area contributed by atoms with Gasteiger partial charge in [-0.05, 0) is 49.4 Å². The van der Waals surface area contributed by atoms with E-state index in [1.165, 1.54) is 18.2 Å². The molecule has 2 rings (SSSR count). The smallest absolute Gasteiger partial charge is 0.326 e. The lowest BCUT2D eigenvalue weighted by atomic mass is 10.2. The molecule has 1 fully saturated rings. The number of hydrogen-bond acceptors (Lipinski definition) is 6. The molecule has 122 valence electrons. The van der Waals surface area contributed by atoms with Crippen LogP contribution in [0.2, 0.25) is 5.02 Å². The maximum absolute atomic E-state index is 12.2. The van der Waals surface area contributed by atoms with Crippen molar-refractivity contribution in [2.24, 2.45) is 0 Å². The molecular formula is C15H14ClNO5S. The van der Waals surface area contributed by atoms with E-state index in [4.69, 9.17) is 16.3 Å².